The van der Waals surface area contributed by atoms with Gasteiger partial charge in [0.25, 0.3) is 5.56 Å². The van der Waals surface area contributed by atoms with Crippen molar-refractivity contribution in [3.05, 3.63) is 64.2 Å². The molecule has 9 nitrogen and oxygen atoms in total. The molecule has 2 N–H and O–H groups in total. The Morgan fingerprint density at radius 3 is 2.73 bits per heavy atom. The van der Waals surface area contributed by atoms with Crippen LogP contribution in [0.5, 0.6) is 0 Å². The van der Waals surface area contributed by atoms with Crippen molar-refractivity contribution in [3.8, 4) is 5.95 Å². The van der Waals surface area contributed by atoms with Crippen LogP contribution in [0.1, 0.15) is 24.7 Å². The topological polar surface area (TPSA) is 113 Å². The van der Waals surface area contributed by atoms with Crippen LogP contribution < -0.4 is 15.8 Å². The van der Waals surface area contributed by atoms with Crippen LogP contribution in [-0.2, 0) is 16.0 Å². The highest BCUT2D eigenvalue weighted by Gasteiger charge is 2.35. The molecule has 0 spiro atoms. The molecule has 1 atom stereocenters. The Morgan fingerprint density at radius 1 is 1.23 bits per heavy atom. The Hall–Kier alpha value is -3.75. The SMILES string of the molecule is CCc1cc(=O)[nH]c(-n2nc(C)cc2NC(=O)[C@@H]2CC(=O)N(c3ccccc3)C2)n1. The van der Waals surface area contributed by atoms with Gasteiger partial charge in [-0.3, -0.25) is 19.4 Å². The Morgan fingerprint density at radius 2 is 2.00 bits per heavy atom. The lowest BCUT2D eigenvalue weighted by atomic mass is 10.1. The van der Waals surface area contributed by atoms with Crippen molar-refractivity contribution in [1.82, 2.24) is 19.7 Å². The quantitative estimate of drug-likeness (QED) is 0.671. The van der Waals surface area contributed by atoms with E-state index in [1.165, 1.54) is 10.7 Å². The van der Waals surface area contributed by atoms with Gasteiger partial charge in [-0.1, -0.05) is 25.1 Å². The number of rotatable bonds is 5. The molecule has 0 bridgehead atoms. The number of nitrogens with one attached hydrogen (secondary N) is 2. The van der Waals surface area contributed by atoms with Gasteiger partial charge in [0.15, 0.2) is 0 Å². The second-order valence-corrected chi connectivity index (χ2v) is 7.23. The van der Waals surface area contributed by atoms with Crippen molar-refractivity contribution < 1.29 is 9.59 Å². The summed E-state index contributed by atoms with van der Waals surface area (Å²) in [4.78, 5) is 45.9. The third kappa shape index (κ3) is 3.86. The van der Waals surface area contributed by atoms with Gasteiger partial charge in [-0.2, -0.15) is 9.78 Å². The number of hydrogen-bond acceptors (Lipinski definition) is 5. The van der Waals surface area contributed by atoms with Crippen LogP contribution in [0, 0.1) is 12.8 Å². The number of nitrogens with zero attached hydrogens (tertiary/aromatic N) is 4. The number of hydrogen-bond donors (Lipinski definition) is 2. The van der Waals surface area contributed by atoms with E-state index in [-0.39, 0.29) is 29.7 Å². The van der Waals surface area contributed by atoms with Crippen LogP contribution >= 0.6 is 0 Å². The molecule has 9 heteroatoms. The molecule has 1 saturated heterocycles. The summed E-state index contributed by atoms with van der Waals surface area (Å²) in [5.41, 5.74) is 1.77. The van der Waals surface area contributed by atoms with Gasteiger partial charge in [-0.25, -0.2) is 4.98 Å². The van der Waals surface area contributed by atoms with Crippen molar-refractivity contribution in [2.75, 3.05) is 16.8 Å². The van der Waals surface area contributed by atoms with Crippen molar-refractivity contribution in [3.63, 3.8) is 0 Å². The van der Waals surface area contributed by atoms with E-state index in [2.05, 4.69) is 20.4 Å². The highest BCUT2D eigenvalue weighted by molar-refractivity contribution is 6.03. The zero-order valence-electron chi connectivity index (χ0n) is 16.8. The lowest BCUT2D eigenvalue weighted by Crippen LogP contribution is -2.28. The van der Waals surface area contributed by atoms with Crippen LogP contribution in [0.15, 0.2) is 47.3 Å². The largest absolute Gasteiger partial charge is 0.312 e. The molecule has 0 aliphatic carbocycles. The van der Waals surface area contributed by atoms with E-state index in [0.29, 0.717) is 30.2 Å². The predicted octanol–water partition coefficient (Wildman–Crippen LogP) is 1.82. The number of aromatic nitrogens is 4. The first-order valence-corrected chi connectivity index (χ1v) is 9.78. The number of aryl methyl sites for hydroxylation is 2. The van der Waals surface area contributed by atoms with Gasteiger partial charge in [0.1, 0.15) is 5.82 Å². The molecule has 1 aliphatic rings. The molecule has 30 heavy (non-hydrogen) atoms. The third-order valence-electron chi connectivity index (χ3n) is 4.99. The molecule has 0 saturated carbocycles. The van der Waals surface area contributed by atoms with E-state index >= 15 is 0 Å². The van der Waals surface area contributed by atoms with Crippen molar-refractivity contribution in [2.24, 2.45) is 5.92 Å². The first-order chi connectivity index (χ1) is 14.4. The second kappa shape index (κ2) is 7.94. The Balaban J connectivity index is 1.56. The molecule has 154 valence electrons. The van der Waals surface area contributed by atoms with E-state index in [9.17, 15) is 14.4 Å². The maximum absolute atomic E-state index is 12.9. The number of para-hydroxylation sites is 1. The fraction of sp³-hybridized carbons (Fsp3) is 0.286. The van der Waals surface area contributed by atoms with E-state index in [4.69, 9.17) is 0 Å². The standard InChI is InChI=1S/C21H22N6O3/c1-3-15-11-18(28)24-21(22-15)27-17(9-13(2)25-27)23-20(30)14-10-19(29)26(12-14)16-7-5-4-6-8-16/h4-9,11,14H,3,10,12H2,1-2H3,(H,23,30)(H,22,24,28)/t14-/m1/s1. The highest BCUT2D eigenvalue weighted by Crippen LogP contribution is 2.26. The minimum Gasteiger partial charge on any atom is -0.312 e. The number of aromatic amines is 1. The van der Waals surface area contributed by atoms with Gasteiger partial charge in [-0.05, 0) is 25.5 Å². The Bertz CT molecular complexity index is 1150. The summed E-state index contributed by atoms with van der Waals surface area (Å²) in [5.74, 6) is -0.240. The number of carbonyl (C=O) groups is 2. The molecular weight excluding hydrogens is 384 g/mol. The van der Waals surface area contributed by atoms with Crippen molar-refractivity contribution in [2.45, 2.75) is 26.7 Å². The zero-order chi connectivity index (χ0) is 21.3. The molecule has 4 rings (SSSR count). The van der Waals surface area contributed by atoms with Crippen molar-refractivity contribution in [1.29, 1.82) is 0 Å². The number of anilines is 2. The summed E-state index contributed by atoms with van der Waals surface area (Å²) in [5, 5.41) is 7.19. The summed E-state index contributed by atoms with van der Waals surface area (Å²) < 4.78 is 1.40. The first-order valence-electron chi connectivity index (χ1n) is 9.78. The van der Waals surface area contributed by atoms with Gasteiger partial charge < -0.3 is 10.2 Å². The Labute approximate surface area is 172 Å². The Kier molecular flexibility index (Phi) is 5.18. The van der Waals surface area contributed by atoms with Gasteiger partial charge in [-0.15, -0.1) is 0 Å². The monoisotopic (exact) mass is 406 g/mol. The molecular formula is C21H22N6O3. The van der Waals surface area contributed by atoms with Gasteiger partial charge in [0.2, 0.25) is 17.8 Å². The smallest absolute Gasteiger partial charge is 0.252 e. The van der Waals surface area contributed by atoms with Gasteiger partial charge in [0, 0.05) is 36.5 Å². The molecule has 1 aliphatic heterocycles. The van der Waals surface area contributed by atoms with Gasteiger partial charge >= 0.3 is 0 Å². The molecule has 0 unspecified atom stereocenters. The highest BCUT2D eigenvalue weighted by atomic mass is 16.2. The molecule has 0 radical (unpaired) electrons. The molecule has 1 fully saturated rings. The zero-order valence-corrected chi connectivity index (χ0v) is 16.8. The fourth-order valence-corrected chi connectivity index (χ4v) is 3.49. The van der Waals surface area contributed by atoms with Crippen LogP contribution in [-0.4, -0.2) is 38.1 Å². The number of H-pyrrole nitrogens is 1. The average Bonchev–Trinajstić information content (AvgIpc) is 3.30. The molecule has 3 heterocycles. The van der Waals surface area contributed by atoms with E-state index in [0.717, 1.165) is 5.69 Å². The normalized spacial score (nSPS) is 16.1. The van der Waals surface area contributed by atoms with Crippen LogP contribution in [0.4, 0.5) is 11.5 Å². The minimum absolute atomic E-state index is 0.0901. The summed E-state index contributed by atoms with van der Waals surface area (Å²) in [6, 6.07) is 12.4. The third-order valence-corrected chi connectivity index (χ3v) is 4.99. The van der Waals surface area contributed by atoms with Gasteiger partial charge in [0.05, 0.1) is 11.6 Å². The molecule has 2 amide bonds. The van der Waals surface area contributed by atoms with Crippen molar-refractivity contribution >= 4 is 23.3 Å². The van der Waals surface area contributed by atoms with Crippen LogP contribution in [0.25, 0.3) is 5.95 Å². The van der Waals surface area contributed by atoms with E-state index in [1.807, 2.05) is 37.3 Å². The summed E-state index contributed by atoms with van der Waals surface area (Å²) in [6.07, 6.45) is 0.729. The molecule has 2 aromatic heterocycles. The maximum Gasteiger partial charge on any atom is 0.252 e. The van der Waals surface area contributed by atoms with E-state index in [1.54, 1.807) is 17.9 Å². The predicted molar refractivity (Wildman–Crippen MR) is 112 cm³/mol. The second-order valence-electron chi connectivity index (χ2n) is 7.23. The summed E-state index contributed by atoms with van der Waals surface area (Å²) in [7, 11) is 0. The average molecular weight is 406 g/mol. The fourth-order valence-electron chi connectivity index (χ4n) is 3.49. The summed E-state index contributed by atoms with van der Waals surface area (Å²) in [6.45, 7) is 3.99. The minimum atomic E-state index is -0.490. The maximum atomic E-state index is 12.9. The van der Waals surface area contributed by atoms with Crippen LogP contribution in [0.3, 0.4) is 0 Å². The summed E-state index contributed by atoms with van der Waals surface area (Å²) >= 11 is 0. The molecule has 3 aromatic rings. The first kappa shape index (κ1) is 19.6. The lowest BCUT2D eigenvalue weighted by Gasteiger charge is -2.16. The number of amides is 2. The number of carbonyl (C=O) groups excluding carboxylic acids is 2. The number of benzene rings is 1. The van der Waals surface area contributed by atoms with Crippen LogP contribution in [0.2, 0.25) is 0 Å². The molecule has 1 aromatic carbocycles. The lowest BCUT2D eigenvalue weighted by molar-refractivity contribution is -0.122. The van der Waals surface area contributed by atoms with E-state index < -0.39 is 5.92 Å².